The van der Waals surface area contributed by atoms with Gasteiger partial charge in [0.15, 0.2) is 0 Å². The lowest BCUT2D eigenvalue weighted by molar-refractivity contribution is -0.153. The highest BCUT2D eigenvalue weighted by atomic mass is 19.1. The van der Waals surface area contributed by atoms with E-state index in [0.717, 1.165) is 11.1 Å². The molecule has 1 N–H and O–H groups in total. The van der Waals surface area contributed by atoms with E-state index >= 15 is 4.39 Å². The first-order valence-electron chi connectivity index (χ1n) is 15.2. The fourth-order valence-electron chi connectivity index (χ4n) is 4.77. The summed E-state index contributed by atoms with van der Waals surface area (Å²) >= 11 is 0. The van der Waals surface area contributed by atoms with Crippen LogP contribution in [0, 0.1) is 5.82 Å². The van der Waals surface area contributed by atoms with E-state index in [0.29, 0.717) is 33.8 Å². The summed E-state index contributed by atoms with van der Waals surface area (Å²) in [4.78, 5) is 24.9. The van der Waals surface area contributed by atoms with Crippen LogP contribution in [0.5, 0.6) is 5.75 Å². The van der Waals surface area contributed by atoms with Crippen LogP contribution in [0.25, 0.3) is 23.3 Å². The summed E-state index contributed by atoms with van der Waals surface area (Å²) in [5.74, 6) is 0.436. The zero-order valence-corrected chi connectivity index (χ0v) is 27.5. The molecule has 4 rings (SSSR count). The van der Waals surface area contributed by atoms with Gasteiger partial charge in [-0.15, -0.1) is 0 Å². The molecule has 1 aromatic heterocycles. The smallest absolute Gasteiger partial charge is 0.408 e. The van der Waals surface area contributed by atoms with Gasteiger partial charge in [0.05, 0.1) is 18.7 Å². The molecule has 0 aliphatic rings. The highest BCUT2D eigenvalue weighted by molar-refractivity contribution is 5.75. The maximum Gasteiger partial charge on any atom is 0.408 e. The zero-order valence-electron chi connectivity index (χ0n) is 27.5. The third kappa shape index (κ3) is 10.1. The van der Waals surface area contributed by atoms with Gasteiger partial charge in [0.1, 0.15) is 35.1 Å². The van der Waals surface area contributed by atoms with Crippen LogP contribution in [0.3, 0.4) is 0 Å². The highest BCUT2D eigenvalue weighted by Gasteiger charge is 2.22. The highest BCUT2D eigenvalue weighted by Crippen LogP contribution is 2.31. The molecule has 46 heavy (non-hydrogen) atoms. The van der Waals surface area contributed by atoms with Gasteiger partial charge in [-0.1, -0.05) is 42.5 Å². The Hall–Kier alpha value is -4.85. The number of nitrogens with one attached hydrogen (secondary N) is 1. The van der Waals surface area contributed by atoms with Crippen LogP contribution in [0.1, 0.15) is 82.5 Å². The Balaban J connectivity index is 1.64. The molecule has 0 aliphatic heterocycles. The van der Waals surface area contributed by atoms with Crippen molar-refractivity contribution < 1.29 is 32.6 Å². The summed E-state index contributed by atoms with van der Waals surface area (Å²) in [5.41, 5.74) is 2.35. The molecule has 0 saturated carbocycles. The maximum atomic E-state index is 16.1. The van der Waals surface area contributed by atoms with Gasteiger partial charge >= 0.3 is 12.1 Å². The standard InChI is InChI=1S/C38H42FNO6/c1-25(40-36(42)46-38(5,6)7)31-14-10-15-32(35(31)39)29-21-26(17-18-30-13-11-19-43-30)20-27(22-29)24-44-33-16-9-8-12-28(33)23-34(41)45-37(2,3)4/h8-22,25H,23-24H2,1-7H3,(H,40,42)/b18-17+. The van der Waals surface area contributed by atoms with Crippen LogP contribution < -0.4 is 10.1 Å². The number of rotatable bonds is 10. The molecule has 8 heteroatoms. The van der Waals surface area contributed by atoms with Crippen molar-refractivity contribution >= 4 is 24.2 Å². The molecule has 0 spiro atoms. The van der Waals surface area contributed by atoms with Crippen molar-refractivity contribution in [2.75, 3.05) is 0 Å². The van der Waals surface area contributed by atoms with Crippen molar-refractivity contribution in [3.8, 4) is 16.9 Å². The summed E-state index contributed by atoms with van der Waals surface area (Å²) in [6.45, 7) is 12.7. The van der Waals surface area contributed by atoms with Crippen molar-refractivity contribution in [3.05, 3.63) is 113 Å². The van der Waals surface area contributed by atoms with Gasteiger partial charge in [-0.3, -0.25) is 4.79 Å². The van der Waals surface area contributed by atoms with Crippen LogP contribution in [0.15, 0.2) is 83.5 Å². The summed E-state index contributed by atoms with van der Waals surface area (Å²) in [7, 11) is 0. The predicted octanol–water partition coefficient (Wildman–Crippen LogP) is 9.31. The molecule has 0 fully saturated rings. The van der Waals surface area contributed by atoms with Crippen molar-refractivity contribution in [3.63, 3.8) is 0 Å². The lowest BCUT2D eigenvalue weighted by atomic mass is 9.96. The number of furan rings is 1. The molecule has 3 aromatic carbocycles. The Morgan fingerprint density at radius 3 is 2.33 bits per heavy atom. The van der Waals surface area contributed by atoms with E-state index in [1.807, 2.05) is 81.5 Å². The van der Waals surface area contributed by atoms with E-state index in [-0.39, 0.29) is 19.0 Å². The molecule has 0 radical (unpaired) electrons. The second-order valence-corrected chi connectivity index (χ2v) is 13.0. The molecule has 0 saturated heterocycles. The Kier molecular flexibility index (Phi) is 10.7. The van der Waals surface area contributed by atoms with E-state index in [1.54, 1.807) is 58.2 Å². The average Bonchev–Trinajstić information content (AvgIpc) is 3.47. The minimum atomic E-state index is -0.678. The molecular formula is C38H42FNO6. The number of carbonyl (C=O) groups excluding carboxylic acids is 2. The largest absolute Gasteiger partial charge is 0.489 e. The second-order valence-electron chi connectivity index (χ2n) is 13.0. The topological polar surface area (TPSA) is 87.0 Å². The summed E-state index contributed by atoms with van der Waals surface area (Å²) in [6, 6.07) is 21.2. The van der Waals surface area contributed by atoms with Crippen LogP contribution in [0.2, 0.25) is 0 Å². The molecular weight excluding hydrogens is 585 g/mol. The molecule has 1 unspecified atom stereocenters. The van der Waals surface area contributed by atoms with E-state index < -0.39 is 29.2 Å². The van der Waals surface area contributed by atoms with E-state index in [1.165, 1.54) is 0 Å². The molecule has 1 heterocycles. The second kappa shape index (κ2) is 14.5. The number of ether oxygens (including phenoxy) is 3. The van der Waals surface area contributed by atoms with Gasteiger partial charge in [-0.05, 0) is 108 Å². The van der Waals surface area contributed by atoms with E-state index in [4.69, 9.17) is 18.6 Å². The SMILES string of the molecule is CC(NC(=O)OC(C)(C)C)c1cccc(-c2cc(/C=C/c3ccco3)cc(COc3ccccc3CC(=O)OC(C)(C)C)c2)c1F. The number of amides is 1. The third-order valence-electron chi connectivity index (χ3n) is 6.66. The number of para-hydroxylation sites is 1. The Bertz CT molecular complexity index is 1680. The minimum Gasteiger partial charge on any atom is -0.489 e. The molecule has 4 aromatic rings. The average molecular weight is 628 g/mol. The monoisotopic (exact) mass is 627 g/mol. The van der Waals surface area contributed by atoms with Crippen LogP contribution >= 0.6 is 0 Å². The van der Waals surface area contributed by atoms with Gasteiger partial charge in [0.2, 0.25) is 0 Å². The summed E-state index contributed by atoms with van der Waals surface area (Å²) < 4.78 is 38.6. The number of hydrogen-bond acceptors (Lipinski definition) is 6. The number of alkyl carbamates (subject to hydrolysis) is 1. The molecule has 0 bridgehead atoms. The molecule has 242 valence electrons. The minimum absolute atomic E-state index is 0.0676. The first kappa shape index (κ1) is 34.0. The Morgan fingerprint density at radius 2 is 1.63 bits per heavy atom. The van der Waals surface area contributed by atoms with Crippen molar-refractivity contribution in [1.29, 1.82) is 0 Å². The first-order valence-corrected chi connectivity index (χ1v) is 15.2. The van der Waals surface area contributed by atoms with Crippen LogP contribution in [-0.2, 0) is 27.3 Å². The van der Waals surface area contributed by atoms with Gasteiger partial charge in [0, 0.05) is 16.7 Å². The van der Waals surface area contributed by atoms with Gasteiger partial charge in [0.25, 0.3) is 0 Å². The van der Waals surface area contributed by atoms with Crippen LogP contribution in [-0.4, -0.2) is 23.3 Å². The third-order valence-corrected chi connectivity index (χ3v) is 6.66. The maximum absolute atomic E-state index is 16.1. The quantitative estimate of drug-likeness (QED) is 0.176. The van der Waals surface area contributed by atoms with E-state index in [9.17, 15) is 9.59 Å². The molecule has 7 nitrogen and oxygen atoms in total. The molecule has 1 amide bonds. The number of carbonyl (C=O) groups is 2. The Morgan fingerprint density at radius 1 is 0.891 bits per heavy atom. The Labute approximate surface area is 270 Å². The number of halogens is 1. The lowest BCUT2D eigenvalue weighted by Gasteiger charge is -2.22. The van der Waals surface area contributed by atoms with Crippen molar-refractivity contribution in [2.24, 2.45) is 0 Å². The fourth-order valence-corrected chi connectivity index (χ4v) is 4.77. The van der Waals surface area contributed by atoms with Crippen molar-refractivity contribution in [1.82, 2.24) is 5.32 Å². The number of esters is 1. The first-order chi connectivity index (χ1) is 21.7. The summed E-state index contributed by atoms with van der Waals surface area (Å²) in [6.07, 6.45) is 4.76. The normalized spacial score (nSPS) is 12.5. The van der Waals surface area contributed by atoms with E-state index in [2.05, 4.69) is 5.32 Å². The molecule has 0 aliphatic carbocycles. The number of hydrogen-bond donors (Lipinski definition) is 1. The van der Waals surface area contributed by atoms with Gasteiger partial charge in [-0.25, -0.2) is 9.18 Å². The molecule has 1 atom stereocenters. The predicted molar refractivity (Wildman–Crippen MR) is 178 cm³/mol. The van der Waals surface area contributed by atoms with Gasteiger partial charge < -0.3 is 23.9 Å². The lowest BCUT2D eigenvalue weighted by Crippen LogP contribution is -2.34. The van der Waals surface area contributed by atoms with Crippen molar-refractivity contribution in [2.45, 2.75) is 78.7 Å². The fraction of sp³-hybridized carbons (Fsp3) is 0.316. The number of benzene rings is 3. The van der Waals surface area contributed by atoms with Crippen LogP contribution in [0.4, 0.5) is 9.18 Å². The zero-order chi connectivity index (χ0) is 33.5. The van der Waals surface area contributed by atoms with Gasteiger partial charge in [-0.2, -0.15) is 0 Å². The summed E-state index contributed by atoms with van der Waals surface area (Å²) in [5, 5.41) is 2.72.